The van der Waals surface area contributed by atoms with Crippen molar-refractivity contribution in [1.82, 2.24) is 4.90 Å². The number of nitrogens with zero attached hydrogens (tertiary/aromatic N) is 1. The molecule has 2 unspecified atom stereocenters. The monoisotopic (exact) mass is 531 g/mol. The van der Waals surface area contributed by atoms with Gasteiger partial charge in [0, 0.05) is 28.7 Å². The van der Waals surface area contributed by atoms with Crippen molar-refractivity contribution in [1.29, 1.82) is 0 Å². The zero-order valence-corrected chi connectivity index (χ0v) is 20.4. The number of fused-ring (bicyclic) bond motifs is 3. The van der Waals surface area contributed by atoms with E-state index in [9.17, 15) is 14.3 Å². The quantitative estimate of drug-likeness (QED) is 0.445. The maximum Gasteiger partial charge on any atom is 0.307 e. The second kappa shape index (κ2) is 8.61. The average Bonchev–Trinajstić information content (AvgIpc) is 3.33. The number of carbonyl (C=O) groups is 1. The lowest BCUT2D eigenvalue weighted by atomic mass is 9.97. The van der Waals surface area contributed by atoms with E-state index in [-0.39, 0.29) is 34.2 Å². The Balaban J connectivity index is 1.41. The summed E-state index contributed by atoms with van der Waals surface area (Å²) in [7, 11) is 0. The third-order valence-electron chi connectivity index (χ3n) is 7.22. The molecule has 186 valence electrons. The molecule has 2 fully saturated rings. The zero-order chi connectivity index (χ0) is 25.2. The van der Waals surface area contributed by atoms with Gasteiger partial charge in [-0.2, -0.15) is 0 Å². The third-order valence-corrected chi connectivity index (χ3v) is 7.77. The highest BCUT2D eigenvalue weighted by molar-refractivity contribution is 6.35. The number of aliphatic hydroxyl groups excluding tert-OH is 1. The van der Waals surface area contributed by atoms with Crippen LogP contribution in [0.25, 0.3) is 0 Å². The van der Waals surface area contributed by atoms with Gasteiger partial charge in [0.25, 0.3) is 5.91 Å². The summed E-state index contributed by atoms with van der Waals surface area (Å²) < 4.78 is 41.5. The van der Waals surface area contributed by atoms with Crippen LogP contribution in [-0.4, -0.2) is 34.1 Å². The minimum atomic E-state index is -1.65. The number of aliphatic hydroxyl groups is 1. The van der Waals surface area contributed by atoms with Crippen LogP contribution in [0.5, 0.6) is 11.5 Å². The molecule has 3 aliphatic rings. The Kier molecular flexibility index (Phi) is 5.63. The van der Waals surface area contributed by atoms with E-state index < -0.39 is 29.4 Å². The molecule has 0 aromatic heterocycles. The normalized spacial score (nSPS) is 26.4. The molecular formula is C27H21Cl2F2NO4. The Morgan fingerprint density at radius 2 is 1.58 bits per heavy atom. The number of hydrogen-bond acceptors (Lipinski definition) is 4. The highest BCUT2D eigenvalue weighted by Crippen LogP contribution is 2.50. The molecule has 3 aromatic carbocycles. The summed E-state index contributed by atoms with van der Waals surface area (Å²) in [4.78, 5) is 15.1. The maximum absolute atomic E-state index is 15.3. The van der Waals surface area contributed by atoms with Gasteiger partial charge in [-0.15, -0.1) is 0 Å². The number of rotatable bonds is 3. The summed E-state index contributed by atoms with van der Waals surface area (Å²) in [6.07, 6.45) is 2.08. The van der Waals surface area contributed by atoms with Crippen molar-refractivity contribution < 1.29 is 28.2 Å². The second-order valence-corrected chi connectivity index (χ2v) is 10.3. The molecule has 0 radical (unpaired) electrons. The summed E-state index contributed by atoms with van der Waals surface area (Å²) in [5.41, 5.74) is 0.663. The lowest BCUT2D eigenvalue weighted by Gasteiger charge is -2.37. The molecule has 9 heteroatoms. The molecule has 1 N–H and O–H groups in total. The molecule has 0 aliphatic carbocycles. The first-order chi connectivity index (χ1) is 17.2. The lowest BCUT2D eigenvalue weighted by molar-refractivity contribution is -0.0459. The summed E-state index contributed by atoms with van der Waals surface area (Å²) in [6.45, 7) is 0. The molecule has 3 aliphatic heterocycles. The van der Waals surface area contributed by atoms with E-state index in [2.05, 4.69) is 0 Å². The van der Waals surface area contributed by atoms with Gasteiger partial charge in [-0.1, -0.05) is 23.2 Å². The van der Waals surface area contributed by atoms with Crippen LogP contribution < -0.4 is 9.47 Å². The zero-order valence-electron chi connectivity index (χ0n) is 18.9. The van der Waals surface area contributed by atoms with E-state index in [0.717, 1.165) is 18.9 Å². The van der Waals surface area contributed by atoms with Crippen LogP contribution in [0, 0.1) is 11.6 Å². The SMILES string of the molecule is O=C(c1cc2c(cc1F)OC(c1ccc(F)cc1)(c1ccc(Cl)cc1Cl)O2)N1[C@@H]2CC[C@H]1CC(O)C2. The molecule has 0 saturated carbocycles. The fourth-order valence-corrected chi connectivity index (χ4v) is 6.15. The summed E-state index contributed by atoms with van der Waals surface area (Å²) in [5.74, 6) is -3.06. The van der Waals surface area contributed by atoms with Gasteiger partial charge in [0.15, 0.2) is 11.5 Å². The summed E-state index contributed by atoms with van der Waals surface area (Å²) in [6, 6.07) is 12.5. The Hall–Kier alpha value is -2.87. The molecule has 2 bridgehead atoms. The number of hydrogen-bond donors (Lipinski definition) is 1. The minimum absolute atomic E-state index is 0.0800. The largest absolute Gasteiger partial charge is 0.440 e. The minimum Gasteiger partial charge on any atom is -0.440 e. The Labute approximate surface area is 216 Å². The van der Waals surface area contributed by atoms with Gasteiger partial charge in [0.2, 0.25) is 0 Å². The number of piperidine rings is 1. The first-order valence-corrected chi connectivity index (χ1v) is 12.4. The van der Waals surface area contributed by atoms with Gasteiger partial charge >= 0.3 is 5.79 Å². The molecule has 36 heavy (non-hydrogen) atoms. The van der Waals surface area contributed by atoms with Crippen molar-refractivity contribution in [2.75, 3.05) is 0 Å². The van der Waals surface area contributed by atoms with E-state index in [4.69, 9.17) is 32.7 Å². The fraction of sp³-hybridized carbons (Fsp3) is 0.296. The van der Waals surface area contributed by atoms with Gasteiger partial charge in [0.1, 0.15) is 11.6 Å². The van der Waals surface area contributed by atoms with Crippen molar-refractivity contribution in [3.63, 3.8) is 0 Å². The van der Waals surface area contributed by atoms with Gasteiger partial charge in [-0.05, 0) is 74.2 Å². The number of halogens is 4. The highest BCUT2D eigenvalue weighted by Gasteiger charge is 2.48. The van der Waals surface area contributed by atoms with Crippen LogP contribution in [-0.2, 0) is 5.79 Å². The predicted octanol–water partition coefficient (Wildman–Crippen LogP) is 6.07. The molecule has 4 atom stereocenters. The van der Waals surface area contributed by atoms with Crippen LogP contribution in [0.2, 0.25) is 10.0 Å². The Bertz CT molecular complexity index is 1350. The standard InChI is InChI=1S/C27H21Cl2F2NO4/c28-15-3-8-21(22(29)9-15)27(14-1-4-16(30)5-2-14)35-24-12-20(23(31)13-25(24)36-27)26(34)32-17-6-7-18(32)11-19(33)10-17/h1-5,8-9,12-13,17-19,33H,6-7,10-11H2/t17-,18+,19?,27?. The highest BCUT2D eigenvalue weighted by atomic mass is 35.5. The van der Waals surface area contributed by atoms with Crippen molar-refractivity contribution in [3.05, 3.63) is 93.0 Å². The van der Waals surface area contributed by atoms with Crippen molar-refractivity contribution in [3.8, 4) is 11.5 Å². The van der Waals surface area contributed by atoms with Crippen molar-refractivity contribution >= 4 is 29.1 Å². The van der Waals surface area contributed by atoms with E-state index in [1.165, 1.54) is 36.4 Å². The number of benzene rings is 3. The molecule has 2 saturated heterocycles. The predicted molar refractivity (Wildman–Crippen MR) is 130 cm³/mol. The van der Waals surface area contributed by atoms with Crippen molar-refractivity contribution in [2.45, 2.75) is 49.7 Å². The van der Waals surface area contributed by atoms with Gasteiger partial charge in [-0.3, -0.25) is 4.79 Å². The van der Waals surface area contributed by atoms with E-state index >= 15 is 4.39 Å². The first kappa shape index (κ1) is 23.5. The molecule has 3 heterocycles. The molecule has 3 aromatic rings. The molecular weight excluding hydrogens is 511 g/mol. The van der Waals surface area contributed by atoms with E-state index in [1.54, 1.807) is 17.0 Å². The molecule has 1 amide bonds. The van der Waals surface area contributed by atoms with Crippen LogP contribution in [0.15, 0.2) is 54.6 Å². The molecule has 6 rings (SSSR count). The molecule has 5 nitrogen and oxygen atoms in total. The average molecular weight is 532 g/mol. The Morgan fingerprint density at radius 3 is 2.22 bits per heavy atom. The lowest BCUT2D eigenvalue weighted by Crippen LogP contribution is -2.48. The van der Waals surface area contributed by atoms with E-state index in [0.29, 0.717) is 29.0 Å². The number of ether oxygens (including phenoxy) is 2. The summed E-state index contributed by atoms with van der Waals surface area (Å²) in [5, 5.41) is 10.7. The van der Waals surface area contributed by atoms with Crippen molar-refractivity contribution in [2.24, 2.45) is 0 Å². The van der Waals surface area contributed by atoms with Crippen LogP contribution in [0.1, 0.15) is 47.2 Å². The maximum atomic E-state index is 15.3. The van der Waals surface area contributed by atoms with E-state index in [1.807, 2.05) is 0 Å². The third kappa shape index (κ3) is 3.72. The first-order valence-electron chi connectivity index (χ1n) is 11.7. The van der Waals surface area contributed by atoms with Crippen LogP contribution in [0.3, 0.4) is 0 Å². The smallest absolute Gasteiger partial charge is 0.307 e. The number of carbonyl (C=O) groups excluding carboxylic acids is 1. The second-order valence-electron chi connectivity index (χ2n) is 9.45. The fourth-order valence-electron chi connectivity index (χ4n) is 5.62. The van der Waals surface area contributed by atoms with Crippen LogP contribution >= 0.6 is 23.2 Å². The van der Waals surface area contributed by atoms with Gasteiger partial charge in [-0.25, -0.2) is 8.78 Å². The Morgan fingerprint density at radius 1 is 0.944 bits per heavy atom. The van der Waals surface area contributed by atoms with Crippen LogP contribution in [0.4, 0.5) is 8.78 Å². The van der Waals surface area contributed by atoms with Gasteiger partial charge < -0.3 is 19.5 Å². The summed E-state index contributed by atoms with van der Waals surface area (Å²) >= 11 is 12.6. The molecule has 0 spiro atoms. The number of amides is 1. The van der Waals surface area contributed by atoms with Gasteiger partial charge in [0.05, 0.1) is 22.3 Å². The topological polar surface area (TPSA) is 59.0 Å².